The molecule has 2 rings (SSSR count). The Morgan fingerprint density at radius 1 is 1.56 bits per heavy atom. The van der Waals surface area contributed by atoms with Crippen LogP contribution < -0.4 is 4.90 Å². The molecule has 0 amide bonds. The van der Waals surface area contributed by atoms with Gasteiger partial charge in [0.05, 0.1) is 0 Å². The van der Waals surface area contributed by atoms with Crippen molar-refractivity contribution in [3.8, 4) is 0 Å². The second-order valence-electron chi connectivity index (χ2n) is 4.88. The minimum absolute atomic E-state index is 0.203. The number of carbonyl (C=O) groups is 1. The van der Waals surface area contributed by atoms with E-state index < -0.39 is 0 Å². The molecule has 4 nitrogen and oxygen atoms in total. The molecule has 4 heteroatoms. The Balaban J connectivity index is 2.20. The number of aliphatic hydroxyl groups is 1. The molecule has 0 aromatic carbocycles. The van der Waals surface area contributed by atoms with Gasteiger partial charge in [-0.15, -0.1) is 0 Å². The third kappa shape index (κ3) is 2.70. The maximum Gasteiger partial charge on any atom is 0.151 e. The lowest BCUT2D eigenvalue weighted by Gasteiger charge is -2.39. The van der Waals surface area contributed by atoms with Crippen LogP contribution in [0.3, 0.4) is 0 Å². The normalized spacial score (nSPS) is 15.2. The van der Waals surface area contributed by atoms with Crippen molar-refractivity contribution in [1.29, 1.82) is 0 Å². The Morgan fingerprint density at radius 2 is 2.33 bits per heavy atom. The van der Waals surface area contributed by atoms with Crippen molar-refractivity contribution in [2.75, 3.05) is 18.1 Å². The average Bonchev–Trinajstić information content (AvgIpc) is 2.32. The lowest BCUT2D eigenvalue weighted by molar-refractivity contribution is 0.112. The number of hydrogen-bond donors (Lipinski definition) is 1. The summed E-state index contributed by atoms with van der Waals surface area (Å²) in [6, 6.07) is 2.42. The second-order valence-corrected chi connectivity index (χ2v) is 4.88. The molecular formula is C14H20N2O2. The lowest BCUT2D eigenvalue weighted by Crippen LogP contribution is -2.42. The fourth-order valence-electron chi connectivity index (χ4n) is 2.36. The first-order chi connectivity index (χ1) is 8.76. The van der Waals surface area contributed by atoms with Gasteiger partial charge in [0, 0.05) is 31.0 Å². The van der Waals surface area contributed by atoms with Crippen molar-refractivity contribution in [3.05, 3.63) is 23.4 Å². The highest BCUT2D eigenvalue weighted by Gasteiger charge is 2.26. The quantitative estimate of drug-likeness (QED) is 0.782. The summed E-state index contributed by atoms with van der Waals surface area (Å²) in [6.45, 7) is 3.02. The van der Waals surface area contributed by atoms with Crippen molar-refractivity contribution in [2.24, 2.45) is 0 Å². The number of anilines is 1. The molecule has 98 valence electrons. The van der Waals surface area contributed by atoms with Crippen LogP contribution in [0, 0.1) is 6.92 Å². The van der Waals surface area contributed by atoms with Gasteiger partial charge in [-0.2, -0.15) is 0 Å². The predicted octanol–water partition coefficient (Wildman–Crippen LogP) is 1.94. The summed E-state index contributed by atoms with van der Waals surface area (Å²) in [4.78, 5) is 17.4. The third-order valence-electron chi connectivity index (χ3n) is 3.55. The number of pyridine rings is 1. The van der Waals surface area contributed by atoms with Gasteiger partial charge >= 0.3 is 0 Å². The Hall–Kier alpha value is -1.42. The minimum Gasteiger partial charge on any atom is -0.396 e. The number of hydrogen-bond acceptors (Lipinski definition) is 4. The molecule has 0 atom stereocenters. The summed E-state index contributed by atoms with van der Waals surface area (Å²) < 4.78 is 0. The van der Waals surface area contributed by atoms with Gasteiger partial charge in [0.1, 0.15) is 5.82 Å². The summed E-state index contributed by atoms with van der Waals surface area (Å²) in [5.41, 5.74) is 1.65. The largest absolute Gasteiger partial charge is 0.396 e. The first-order valence-electron chi connectivity index (χ1n) is 6.55. The molecule has 0 bridgehead atoms. The zero-order valence-corrected chi connectivity index (χ0v) is 10.8. The number of rotatable bonds is 6. The number of nitrogens with zero attached hydrogens (tertiary/aromatic N) is 2. The summed E-state index contributed by atoms with van der Waals surface area (Å²) >= 11 is 0. The standard InChI is InChI=1S/C14H20N2O2/c1-11-8-12(10-18)9-15-14(11)16(6-3-7-17)13-4-2-5-13/h8-10,13,17H,2-7H2,1H3. The van der Waals surface area contributed by atoms with E-state index >= 15 is 0 Å². The third-order valence-corrected chi connectivity index (χ3v) is 3.55. The maximum atomic E-state index is 10.7. The molecule has 1 fully saturated rings. The zero-order chi connectivity index (χ0) is 13.0. The monoisotopic (exact) mass is 248 g/mol. The summed E-state index contributed by atoms with van der Waals surface area (Å²) in [5, 5.41) is 8.99. The minimum atomic E-state index is 0.203. The van der Waals surface area contributed by atoms with Crippen molar-refractivity contribution in [1.82, 2.24) is 4.98 Å². The van der Waals surface area contributed by atoms with Crippen molar-refractivity contribution in [2.45, 2.75) is 38.6 Å². The van der Waals surface area contributed by atoms with E-state index in [0.717, 1.165) is 30.6 Å². The molecule has 0 radical (unpaired) electrons. The molecule has 1 aliphatic rings. The van der Waals surface area contributed by atoms with Gasteiger partial charge < -0.3 is 10.0 Å². The van der Waals surface area contributed by atoms with Gasteiger partial charge in [-0.25, -0.2) is 4.98 Å². The molecule has 1 aliphatic carbocycles. The first-order valence-corrected chi connectivity index (χ1v) is 6.55. The van der Waals surface area contributed by atoms with Crippen LogP contribution in [0.15, 0.2) is 12.3 Å². The van der Waals surface area contributed by atoms with E-state index in [9.17, 15) is 4.79 Å². The highest BCUT2D eigenvalue weighted by atomic mass is 16.3. The molecular weight excluding hydrogens is 228 g/mol. The van der Waals surface area contributed by atoms with Gasteiger partial charge in [0.2, 0.25) is 0 Å². The van der Waals surface area contributed by atoms with Gasteiger partial charge in [-0.3, -0.25) is 4.79 Å². The van der Waals surface area contributed by atoms with Gasteiger partial charge in [0.25, 0.3) is 0 Å². The van der Waals surface area contributed by atoms with E-state index in [0.29, 0.717) is 11.6 Å². The molecule has 0 aliphatic heterocycles. The Kier molecular flexibility index (Phi) is 4.31. The average molecular weight is 248 g/mol. The van der Waals surface area contributed by atoms with Crippen LogP contribution in [-0.4, -0.2) is 35.6 Å². The molecule has 1 N–H and O–H groups in total. The van der Waals surface area contributed by atoms with Crippen molar-refractivity contribution < 1.29 is 9.90 Å². The van der Waals surface area contributed by atoms with Crippen LogP contribution in [0.1, 0.15) is 41.6 Å². The Bertz CT molecular complexity index is 416. The van der Waals surface area contributed by atoms with E-state index in [2.05, 4.69) is 9.88 Å². The highest BCUT2D eigenvalue weighted by Crippen LogP contribution is 2.30. The van der Waals surface area contributed by atoms with E-state index in [1.165, 1.54) is 19.3 Å². The van der Waals surface area contributed by atoms with Crippen molar-refractivity contribution in [3.63, 3.8) is 0 Å². The maximum absolute atomic E-state index is 10.7. The summed E-state index contributed by atoms with van der Waals surface area (Å²) in [5.74, 6) is 0.957. The van der Waals surface area contributed by atoms with Crippen LogP contribution in [0.25, 0.3) is 0 Å². The fourth-order valence-corrected chi connectivity index (χ4v) is 2.36. The number of aryl methyl sites for hydroxylation is 1. The Morgan fingerprint density at radius 3 is 2.83 bits per heavy atom. The highest BCUT2D eigenvalue weighted by molar-refractivity contribution is 5.75. The van der Waals surface area contributed by atoms with Crippen LogP contribution in [-0.2, 0) is 0 Å². The Labute approximate surface area is 108 Å². The van der Waals surface area contributed by atoms with E-state index in [1.807, 2.05) is 13.0 Å². The molecule has 0 spiro atoms. The van der Waals surface area contributed by atoms with Gasteiger partial charge in [-0.1, -0.05) is 0 Å². The SMILES string of the molecule is Cc1cc(C=O)cnc1N(CCCO)C1CCC1. The van der Waals surface area contributed by atoms with Gasteiger partial charge in [-0.05, 0) is 44.2 Å². The molecule has 1 aromatic rings. The topological polar surface area (TPSA) is 53.4 Å². The summed E-state index contributed by atoms with van der Waals surface area (Å²) in [7, 11) is 0. The molecule has 1 saturated carbocycles. The van der Waals surface area contributed by atoms with E-state index in [-0.39, 0.29) is 6.61 Å². The number of carbonyl (C=O) groups excluding carboxylic acids is 1. The molecule has 0 unspecified atom stereocenters. The summed E-state index contributed by atoms with van der Waals surface area (Å²) in [6.07, 6.45) is 6.87. The number of aliphatic hydroxyl groups excluding tert-OH is 1. The van der Waals surface area contributed by atoms with Crippen LogP contribution in [0.2, 0.25) is 0 Å². The number of aldehydes is 1. The number of aromatic nitrogens is 1. The smallest absolute Gasteiger partial charge is 0.151 e. The predicted molar refractivity (Wildman–Crippen MR) is 71.0 cm³/mol. The zero-order valence-electron chi connectivity index (χ0n) is 10.8. The molecule has 18 heavy (non-hydrogen) atoms. The van der Waals surface area contributed by atoms with Crippen LogP contribution in [0.4, 0.5) is 5.82 Å². The van der Waals surface area contributed by atoms with E-state index in [1.54, 1.807) is 6.20 Å². The second kappa shape index (κ2) is 5.96. The van der Waals surface area contributed by atoms with Crippen LogP contribution >= 0.6 is 0 Å². The molecule has 1 heterocycles. The molecule has 1 aromatic heterocycles. The van der Waals surface area contributed by atoms with Gasteiger partial charge in [0.15, 0.2) is 6.29 Å². The first kappa shape index (κ1) is 13.0. The lowest BCUT2D eigenvalue weighted by atomic mass is 9.91. The fraction of sp³-hybridized carbons (Fsp3) is 0.571. The van der Waals surface area contributed by atoms with E-state index in [4.69, 9.17) is 5.11 Å². The van der Waals surface area contributed by atoms with Crippen LogP contribution in [0.5, 0.6) is 0 Å². The van der Waals surface area contributed by atoms with Crippen molar-refractivity contribution >= 4 is 12.1 Å². The molecule has 0 saturated heterocycles.